The van der Waals surface area contributed by atoms with Crippen LogP contribution in [-0.4, -0.2) is 22.6 Å². The van der Waals surface area contributed by atoms with Gasteiger partial charge in [-0.05, 0) is 24.5 Å². The molecule has 2 aromatic rings. The number of carboxylic acid groups (broad SMARTS) is 1. The predicted molar refractivity (Wildman–Crippen MR) is 88.3 cm³/mol. The standard InChI is InChI=1S/C19H21NO3/c1-15-12-13-20(18(21)22)19(14-15,16-8-4-2-5-9-16)23-17-10-6-3-7-11-17/h2-11,15H,12-14H2,1H3,(H,21,22). The molecule has 0 aromatic heterocycles. The molecule has 4 heteroatoms. The number of ether oxygens (including phenoxy) is 1. The zero-order valence-electron chi connectivity index (χ0n) is 13.2. The molecule has 120 valence electrons. The zero-order chi connectivity index (χ0) is 16.3. The van der Waals surface area contributed by atoms with Crippen LogP contribution in [-0.2, 0) is 5.72 Å². The van der Waals surface area contributed by atoms with Gasteiger partial charge in [0.05, 0.1) is 0 Å². The maximum absolute atomic E-state index is 11.9. The number of para-hydroxylation sites is 1. The lowest BCUT2D eigenvalue weighted by Gasteiger charge is -2.47. The highest BCUT2D eigenvalue weighted by Crippen LogP contribution is 2.41. The van der Waals surface area contributed by atoms with E-state index < -0.39 is 11.8 Å². The average molecular weight is 311 g/mol. The molecule has 2 unspecified atom stereocenters. The Labute approximate surface area is 136 Å². The average Bonchev–Trinajstić information content (AvgIpc) is 2.56. The van der Waals surface area contributed by atoms with Crippen LogP contribution in [0.25, 0.3) is 0 Å². The third-order valence-corrected chi connectivity index (χ3v) is 4.39. The van der Waals surface area contributed by atoms with Crippen molar-refractivity contribution in [1.82, 2.24) is 4.90 Å². The zero-order valence-corrected chi connectivity index (χ0v) is 13.2. The van der Waals surface area contributed by atoms with Gasteiger partial charge in [0.1, 0.15) is 5.75 Å². The van der Waals surface area contributed by atoms with Crippen LogP contribution in [0.15, 0.2) is 60.7 Å². The van der Waals surface area contributed by atoms with E-state index in [9.17, 15) is 9.90 Å². The van der Waals surface area contributed by atoms with Crippen LogP contribution < -0.4 is 4.74 Å². The Morgan fingerprint density at radius 3 is 2.35 bits per heavy atom. The summed E-state index contributed by atoms with van der Waals surface area (Å²) in [4.78, 5) is 13.3. The minimum Gasteiger partial charge on any atom is -0.465 e. The van der Waals surface area contributed by atoms with Gasteiger partial charge >= 0.3 is 6.09 Å². The summed E-state index contributed by atoms with van der Waals surface area (Å²) in [6.45, 7) is 2.61. The molecule has 0 saturated carbocycles. The van der Waals surface area contributed by atoms with Crippen molar-refractivity contribution in [3.63, 3.8) is 0 Å². The molecule has 1 aliphatic heterocycles. The van der Waals surface area contributed by atoms with E-state index in [1.54, 1.807) is 0 Å². The second kappa shape index (κ2) is 6.32. The lowest BCUT2D eigenvalue weighted by molar-refractivity contribution is -0.112. The van der Waals surface area contributed by atoms with Crippen LogP contribution >= 0.6 is 0 Å². The first-order valence-corrected chi connectivity index (χ1v) is 7.92. The molecule has 4 nitrogen and oxygen atoms in total. The summed E-state index contributed by atoms with van der Waals surface area (Å²) in [5, 5.41) is 9.75. The maximum Gasteiger partial charge on any atom is 0.410 e. The van der Waals surface area contributed by atoms with Crippen molar-refractivity contribution >= 4 is 6.09 Å². The number of amides is 1. The van der Waals surface area contributed by atoms with E-state index in [1.165, 1.54) is 4.90 Å². The molecule has 1 aliphatic rings. The Hall–Kier alpha value is -2.49. The Balaban J connectivity index is 2.09. The molecule has 3 rings (SSSR count). The summed E-state index contributed by atoms with van der Waals surface area (Å²) < 4.78 is 6.32. The molecule has 1 saturated heterocycles. The SMILES string of the molecule is CC1CCN(C(=O)O)C(Oc2ccccc2)(c2ccccc2)C1. The highest BCUT2D eigenvalue weighted by molar-refractivity contribution is 5.66. The Morgan fingerprint density at radius 1 is 1.13 bits per heavy atom. The smallest absolute Gasteiger partial charge is 0.410 e. The van der Waals surface area contributed by atoms with Gasteiger partial charge in [-0.3, -0.25) is 4.90 Å². The molecule has 0 bridgehead atoms. The van der Waals surface area contributed by atoms with Gasteiger partial charge in [0.15, 0.2) is 0 Å². The molecule has 0 radical (unpaired) electrons. The van der Waals surface area contributed by atoms with E-state index in [4.69, 9.17) is 4.74 Å². The number of hydrogen-bond donors (Lipinski definition) is 1. The van der Waals surface area contributed by atoms with Gasteiger partial charge in [0.2, 0.25) is 5.72 Å². The molecule has 2 atom stereocenters. The van der Waals surface area contributed by atoms with Crippen molar-refractivity contribution in [3.05, 3.63) is 66.2 Å². The number of carbonyl (C=O) groups is 1. The van der Waals surface area contributed by atoms with Crippen LogP contribution in [0.5, 0.6) is 5.75 Å². The minimum absolute atomic E-state index is 0.384. The van der Waals surface area contributed by atoms with Gasteiger partial charge < -0.3 is 9.84 Å². The van der Waals surface area contributed by atoms with Crippen molar-refractivity contribution < 1.29 is 14.6 Å². The largest absolute Gasteiger partial charge is 0.465 e. The van der Waals surface area contributed by atoms with Crippen LogP contribution in [0.2, 0.25) is 0 Å². The molecule has 23 heavy (non-hydrogen) atoms. The fourth-order valence-corrected chi connectivity index (χ4v) is 3.28. The molecule has 1 heterocycles. The van der Waals surface area contributed by atoms with Crippen molar-refractivity contribution in [2.75, 3.05) is 6.54 Å². The molecule has 1 fully saturated rings. The van der Waals surface area contributed by atoms with Gasteiger partial charge in [-0.25, -0.2) is 4.79 Å². The predicted octanol–water partition coefficient (Wildman–Crippen LogP) is 4.33. The lowest BCUT2D eigenvalue weighted by atomic mass is 9.85. The maximum atomic E-state index is 11.9. The van der Waals surface area contributed by atoms with E-state index >= 15 is 0 Å². The van der Waals surface area contributed by atoms with Crippen molar-refractivity contribution in [1.29, 1.82) is 0 Å². The van der Waals surface area contributed by atoms with E-state index in [2.05, 4.69) is 6.92 Å². The fraction of sp³-hybridized carbons (Fsp3) is 0.316. The first-order chi connectivity index (χ1) is 11.1. The molecule has 1 amide bonds. The van der Waals surface area contributed by atoms with Gasteiger partial charge in [-0.1, -0.05) is 55.5 Å². The highest BCUT2D eigenvalue weighted by atomic mass is 16.5. The minimum atomic E-state index is -0.980. The topological polar surface area (TPSA) is 49.8 Å². The molecular weight excluding hydrogens is 290 g/mol. The quantitative estimate of drug-likeness (QED) is 0.918. The number of likely N-dealkylation sites (tertiary alicyclic amines) is 1. The molecular formula is C19H21NO3. The van der Waals surface area contributed by atoms with E-state index in [1.807, 2.05) is 60.7 Å². The third kappa shape index (κ3) is 3.02. The van der Waals surface area contributed by atoms with Crippen LogP contribution in [0.1, 0.15) is 25.3 Å². The summed E-state index contributed by atoms with van der Waals surface area (Å²) in [5.41, 5.74) is -0.107. The number of rotatable bonds is 3. The monoisotopic (exact) mass is 311 g/mol. The van der Waals surface area contributed by atoms with Gasteiger partial charge in [0.25, 0.3) is 0 Å². The van der Waals surface area contributed by atoms with Gasteiger partial charge in [-0.15, -0.1) is 0 Å². The van der Waals surface area contributed by atoms with E-state index in [0.29, 0.717) is 24.6 Å². The first-order valence-electron chi connectivity index (χ1n) is 7.92. The van der Waals surface area contributed by atoms with Gasteiger partial charge in [-0.2, -0.15) is 0 Å². The Kier molecular flexibility index (Phi) is 4.24. The first kappa shape index (κ1) is 15.4. The van der Waals surface area contributed by atoms with Crippen LogP contribution in [0, 0.1) is 5.92 Å². The summed E-state index contributed by atoms with van der Waals surface area (Å²) in [7, 11) is 0. The van der Waals surface area contributed by atoms with E-state index in [0.717, 1.165) is 12.0 Å². The fourth-order valence-electron chi connectivity index (χ4n) is 3.28. The highest BCUT2D eigenvalue weighted by Gasteiger charge is 2.47. The number of benzene rings is 2. The third-order valence-electron chi connectivity index (χ3n) is 4.39. The molecule has 2 aromatic carbocycles. The van der Waals surface area contributed by atoms with E-state index in [-0.39, 0.29) is 0 Å². The number of hydrogen-bond acceptors (Lipinski definition) is 2. The lowest BCUT2D eigenvalue weighted by Crippen LogP contribution is -2.57. The summed E-state index contributed by atoms with van der Waals surface area (Å²) in [6, 6.07) is 19.1. The Bertz CT molecular complexity index is 659. The summed E-state index contributed by atoms with van der Waals surface area (Å²) in [5.74, 6) is 1.06. The van der Waals surface area contributed by atoms with Crippen molar-refractivity contribution in [2.45, 2.75) is 25.5 Å². The van der Waals surface area contributed by atoms with Crippen molar-refractivity contribution in [2.24, 2.45) is 5.92 Å². The van der Waals surface area contributed by atoms with Crippen LogP contribution in [0.3, 0.4) is 0 Å². The molecule has 0 aliphatic carbocycles. The Morgan fingerprint density at radius 2 is 1.74 bits per heavy atom. The number of piperidine rings is 1. The van der Waals surface area contributed by atoms with Gasteiger partial charge in [0, 0.05) is 18.5 Å². The molecule has 1 N–H and O–H groups in total. The summed E-state index contributed by atoms with van der Waals surface area (Å²) in [6.07, 6.45) is 0.536. The second-order valence-electron chi connectivity index (χ2n) is 6.10. The second-order valence-corrected chi connectivity index (χ2v) is 6.10. The molecule has 0 spiro atoms. The van der Waals surface area contributed by atoms with Crippen LogP contribution in [0.4, 0.5) is 4.79 Å². The van der Waals surface area contributed by atoms with Crippen molar-refractivity contribution in [3.8, 4) is 5.75 Å². The number of nitrogens with zero attached hydrogens (tertiary/aromatic N) is 1. The normalized spacial score (nSPS) is 24.2. The summed E-state index contributed by atoms with van der Waals surface area (Å²) >= 11 is 0.